The molecule has 156 valence electrons. The molecule has 2 aliphatic heterocycles. The van der Waals surface area contributed by atoms with Crippen LogP contribution in [0.3, 0.4) is 0 Å². The molecule has 2 aromatic carbocycles. The molecule has 7 heteroatoms. The fraction of sp³-hybridized carbons (Fsp3) is 0.208. The largest absolute Gasteiger partial charge is 0.394 e. The quantitative estimate of drug-likeness (QED) is 0.690. The molecule has 1 fully saturated rings. The van der Waals surface area contributed by atoms with Gasteiger partial charge in [-0.2, -0.15) is 0 Å². The van der Waals surface area contributed by atoms with Crippen molar-refractivity contribution >= 4 is 23.3 Å². The number of carbonyl (C=O) groups is 2. The predicted octanol–water partition coefficient (Wildman–Crippen LogP) is 3.10. The number of urea groups is 1. The van der Waals surface area contributed by atoms with Crippen LogP contribution in [0.25, 0.3) is 0 Å². The molecule has 2 aliphatic rings. The number of nitrogens with zero attached hydrogens (tertiary/aromatic N) is 3. The molecule has 0 aliphatic carbocycles. The Morgan fingerprint density at radius 3 is 2.48 bits per heavy atom. The third-order valence-corrected chi connectivity index (χ3v) is 6.08. The molecule has 0 unspecified atom stereocenters. The Morgan fingerprint density at radius 1 is 1.00 bits per heavy atom. The zero-order valence-corrected chi connectivity index (χ0v) is 16.8. The van der Waals surface area contributed by atoms with Crippen molar-refractivity contribution < 1.29 is 14.7 Å². The van der Waals surface area contributed by atoms with Gasteiger partial charge < -0.3 is 20.2 Å². The maximum Gasteiger partial charge on any atom is 0.322 e. The molecule has 7 nitrogen and oxygen atoms in total. The van der Waals surface area contributed by atoms with Gasteiger partial charge in [0.15, 0.2) is 0 Å². The summed E-state index contributed by atoms with van der Waals surface area (Å²) >= 11 is 0. The number of amides is 3. The average Bonchev–Trinajstić information content (AvgIpc) is 2.80. The Morgan fingerprint density at radius 2 is 1.74 bits per heavy atom. The second-order valence-corrected chi connectivity index (χ2v) is 7.74. The number of pyridine rings is 1. The van der Waals surface area contributed by atoms with Crippen molar-refractivity contribution in [2.45, 2.75) is 18.0 Å². The highest BCUT2D eigenvalue weighted by Gasteiger charge is 2.55. The number of aliphatic hydroxyl groups excluding tert-OH is 1. The summed E-state index contributed by atoms with van der Waals surface area (Å²) in [5.74, 6) is -0.238. The molecule has 5 rings (SSSR count). The highest BCUT2D eigenvalue weighted by atomic mass is 16.3. The lowest BCUT2D eigenvalue weighted by Crippen LogP contribution is -2.71. The molecule has 31 heavy (non-hydrogen) atoms. The molecule has 0 bridgehead atoms. The number of likely N-dealkylation sites (tertiary alicyclic amines) is 1. The van der Waals surface area contributed by atoms with Crippen molar-refractivity contribution in [3.63, 3.8) is 0 Å². The lowest BCUT2D eigenvalue weighted by Gasteiger charge is -2.58. The van der Waals surface area contributed by atoms with Crippen molar-refractivity contribution in [1.29, 1.82) is 0 Å². The minimum atomic E-state index is -0.345. The highest BCUT2D eigenvalue weighted by molar-refractivity contribution is 6.06. The lowest BCUT2D eigenvalue weighted by atomic mass is 9.72. The number of hydrogen-bond donors (Lipinski definition) is 2. The minimum Gasteiger partial charge on any atom is -0.394 e. The molecule has 1 saturated heterocycles. The van der Waals surface area contributed by atoms with Gasteiger partial charge in [0.2, 0.25) is 0 Å². The molecule has 3 aromatic rings. The van der Waals surface area contributed by atoms with Crippen LogP contribution in [0.15, 0.2) is 79.0 Å². The van der Waals surface area contributed by atoms with E-state index in [1.165, 1.54) is 0 Å². The molecule has 0 radical (unpaired) electrons. The normalized spacial score (nSPS) is 21.5. The van der Waals surface area contributed by atoms with Crippen molar-refractivity contribution in [3.05, 3.63) is 90.3 Å². The van der Waals surface area contributed by atoms with E-state index >= 15 is 0 Å². The number of aromatic nitrogens is 1. The van der Waals surface area contributed by atoms with E-state index in [4.69, 9.17) is 0 Å². The van der Waals surface area contributed by atoms with Crippen LogP contribution in [0, 0.1) is 0 Å². The number of para-hydroxylation sites is 2. The number of nitrogens with one attached hydrogen (secondary N) is 1. The number of hydrogen-bond acceptors (Lipinski definition) is 4. The Kier molecular flexibility index (Phi) is 4.88. The van der Waals surface area contributed by atoms with Gasteiger partial charge in [0.05, 0.1) is 18.7 Å². The molecule has 0 saturated carbocycles. The van der Waals surface area contributed by atoms with Crippen LogP contribution in [-0.4, -0.2) is 52.2 Å². The van der Waals surface area contributed by atoms with E-state index in [9.17, 15) is 14.7 Å². The smallest absolute Gasteiger partial charge is 0.322 e. The predicted molar refractivity (Wildman–Crippen MR) is 117 cm³/mol. The molecule has 3 atom stereocenters. The summed E-state index contributed by atoms with van der Waals surface area (Å²) in [4.78, 5) is 33.9. The lowest BCUT2D eigenvalue weighted by molar-refractivity contribution is -0.00267. The van der Waals surface area contributed by atoms with Gasteiger partial charge in [-0.15, -0.1) is 0 Å². The van der Waals surface area contributed by atoms with E-state index in [0.29, 0.717) is 17.9 Å². The SMILES string of the molecule is O=C(c1ccccn1)N1C[C@H]2[C@@H](c3ccccc31)[C@@H](CO)N2C(=O)Nc1ccccc1. The van der Waals surface area contributed by atoms with Crippen LogP contribution in [0.2, 0.25) is 0 Å². The molecule has 0 spiro atoms. The maximum atomic E-state index is 13.3. The monoisotopic (exact) mass is 414 g/mol. The van der Waals surface area contributed by atoms with Gasteiger partial charge in [0.1, 0.15) is 5.69 Å². The Bertz CT molecular complexity index is 1110. The summed E-state index contributed by atoms with van der Waals surface area (Å²) in [6, 6.07) is 21.3. The minimum absolute atomic E-state index is 0.0319. The zero-order valence-electron chi connectivity index (χ0n) is 16.8. The van der Waals surface area contributed by atoms with E-state index in [2.05, 4.69) is 10.3 Å². The van der Waals surface area contributed by atoms with Gasteiger partial charge >= 0.3 is 6.03 Å². The molecule has 3 amide bonds. The molecule has 3 heterocycles. The van der Waals surface area contributed by atoms with Crippen LogP contribution < -0.4 is 10.2 Å². The number of benzene rings is 2. The van der Waals surface area contributed by atoms with E-state index in [0.717, 1.165) is 11.3 Å². The summed E-state index contributed by atoms with van der Waals surface area (Å²) in [5.41, 5.74) is 2.81. The number of anilines is 2. The number of aliphatic hydroxyl groups is 1. The Balaban J connectivity index is 1.47. The molecule has 1 aromatic heterocycles. The topological polar surface area (TPSA) is 85.8 Å². The summed E-state index contributed by atoms with van der Waals surface area (Å²) < 4.78 is 0. The van der Waals surface area contributed by atoms with Crippen molar-refractivity contribution in [2.75, 3.05) is 23.4 Å². The van der Waals surface area contributed by atoms with Gasteiger partial charge in [0, 0.05) is 30.0 Å². The third kappa shape index (κ3) is 3.23. The van der Waals surface area contributed by atoms with E-state index < -0.39 is 0 Å². The number of carbonyl (C=O) groups excluding carboxylic acids is 2. The van der Waals surface area contributed by atoms with Crippen molar-refractivity contribution in [2.24, 2.45) is 0 Å². The van der Waals surface area contributed by atoms with Gasteiger partial charge in [-0.05, 0) is 35.9 Å². The van der Waals surface area contributed by atoms with Gasteiger partial charge in [-0.1, -0.05) is 42.5 Å². The maximum absolute atomic E-state index is 13.3. The second-order valence-electron chi connectivity index (χ2n) is 7.74. The van der Waals surface area contributed by atoms with Crippen LogP contribution in [0.1, 0.15) is 22.0 Å². The Hall–Kier alpha value is -3.71. The van der Waals surface area contributed by atoms with Crippen LogP contribution in [0.4, 0.5) is 16.2 Å². The van der Waals surface area contributed by atoms with Crippen LogP contribution in [-0.2, 0) is 0 Å². The van der Waals surface area contributed by atoms with Gasteiger partial charge in [-0.3, -0.25) is 9.78 Å². The highest BCUT2D eigenvalue weighted by Crippen LogP contribution is 2.48. The summed E-state index contributed by atoms with van der Waals surface area (Å²) in [7, 11) is 0. The second kappa shape index (κ2) is 7.85. The zero-order chi connectivity index (χ0) is 21.4. The first kappa shape index (κ1) is 19.3. The molecular weight excluding hydrogens is 392 g/mol. The number of rotatable bonds is 3. The fourth-order valence-electron chi connectivity index (χ4n) is 4.70. The first-order chi connectivity index (χ1) is 15.2. The van der Waals surface area contributed by atoms with Crippen molar-refractivity contribution in [3.8, 4) is 0 Å². The van der Waals surface area contributed by atoms with E-state index in [1.54, 1.807) is 34.2 Å². The Labute approximate surface area is 179 Å². The van der Waals surface area contributed by atoms with Gasteiger partial charge in [0.25, 0.3) is 5.91 Å². The summed E-state index contributed by atoms with van der Waals surface area (Å²) in [6.45, 7) is 0.196. The standard InChI is InChI=1S/C24H22N4O3/c29-15-21-22-17-10-4-5-12-19(17)27(23(30)18-11-6-7-13-25-18)14-20(22)28(21)24(31)26-16-8-2-1-3-9-16/h1-13,20-22,29H,14-15H2,(H,26,31)/t20-,21+,22+/m0/s1. The van der Waals surface area contributed by atoms with Gasteiger partial charge in [-0.25, -0.2) is 4.79 Å². The van der Waals surface area contributed by atoms with Crippen LogP contribution in [0.5, 0.6) is 0 Å². The average molecular weight is 414 g/mol. The first-order valence-electron chi connectivity index (χ1n) is 10.3. The summed E-state index contributed by atoms with van der Waals surface area (Å²) in [6.07, 6.45) is 1.59. The van der Waals surface area contributed by atoms with Crippen LogP contribution >= 0.6 is 0 Å². The molecule has 2 N–H and O–H groups in total. The number of fused-ring (bicyclic) bond motifs is 3. The summed E-state index contributed by atoms with van der Waals surface area (Å²) in [5, 5.41) is 13.0. The molecular formula is C24H22N4O3. The van der Waals surface area contributed by atoms with Crippen molar-refractivity contribution in [1.82, 2.24) is 9.88 Å². The third-order valence-electron chi connectivity index (χ3n) is 6.08. The first-order valence-corrected chi connectivity index (χ1v) is 10.3. The fourth-order valence-corrected chi connectivity index (χ4v) is 4.70. The van der Waals surface area contributed by atoms with E-state index in [-0.39, 0.29) is 36.5 Å². The van der Waals surface area contributed by atoms with E-state index in [1.807, 2.05) is 54.6 Å².